The number of benzene rings is 1. The minimum Gasteiger partial charge on any atom is -0.342 e. The molecular weight excluding hydrogens is 290 g/mol. The van der Waals surface area contributed by atoms with Gasteiger partial charge >= 0.3 is 0 Å². The van der Waals surface area contributed by atoms with Gasteiger partial charge in [0.15, 0.2) is 0 Å². The average molecular weight is 308 g/mol. The molecule has 0 atom stereocenters. The zero-order chi connectivity index (χ0) is 12.8. The zero-order valence-corrected chi connectivity index (χ0v) is 12.4. The Labute approximate surface area is 116 Å². The van der Waals surface area contributed by atoms with Gasteiger partial charge in [0.25, 0.3) is 0 Å². The molecule has 3 nitrogen and oxygen atoms in total. The van der Waals surface area contributed by atoms with Crippen LogP contribution in [0.3, 0.4) is 0 Å². The Morgan fingerprint density at radius 1 is 1.44 bits per heavy atom. The van der Waals surface area contributed by atoms with Crippen LogP contribution in [0.2, 0.25) is 0 Å². The van der Waals surface area contributed by atoms with Crippen molar-refractivity contribution in [3.05, 3.63) is 34.3 Å². The SMILES string of the molecule is CC1CC(C2=NNCN2C)(c2cccc(Br)c2)C1. The summed E-state index contributed by atoms with van der Waals surface area (Å²) in [4.78, 5) is 2.23. The van der Waals surface area contributed by atoms with E-state index >= 15 is 0 Å². The maximum Gasteiger partial charge on any atom is 0.136 e. The van der Waals surface area contributed by atoms with Crippen LogP contribution in [-0.4, -0.2) is 24.5 Å². The second-order valence-electron chi connectivity index (χ2n) is 5.56. The fourth-order valence-electron chi connectivity index (χ4n) is 3.31. The fraction of sp³-hybridized carbons (Fsp3) is 0.500. The molecule has 0 bridgehead atoms. The molecule has 1 saturated carbocycles. The van der Waals surface area contributed by atoms with E-state index in [2.05, 4.69) is 69.6 Å². The van der Waals surface area contributed by atoms with Crippen molar-refractivity contribution in [3.63, 3.8) is 0 Å². The lowest BCUT2D eigenvalue weighted by molar-refractivity contribution is 0.214. The van der Waals surface area contributed by atoms with Gasteiger partial charge < -0.3 is 4.90 Å². The lowest BCUT2D eigenvalue weighted by Crippen LogP contribution is -2.51. The molecule has 2 aliphatic rings. The first kappa shape index (κ1) is 12.0. The van der Waals surface area contributed by atoms with Gasteiger partial charge in [-0.05, 0) is 36.5 Å². The first-order valence-electron chi connectivity index (χ1n) is 6.40. The third-order valence-corrected chi connectivity index (χ3v) is 4.55. The van der Waals surface area contributed by atoms with E-state index in [9.17, 15) is 0 Å². The molecular formula is C14H18BrN3. The van der Waals surface area contributed by atoms with Crippen LogP contribution in [0, 0.1) is 5.92 Å². The Kier molecular flexibility index (Phi) is 2.85. The number of amidine groups is 1. The highest BCUT2D eigenvalue weighted by atomic mass is 79.9. The molecule has 0 spiro atoms. The van der Waals surface area contributed by atoms with Crippen molar-refractivity contribution in [1.29, 1.82) is 0 Å². The lowest BCUT2D eigenvalue weighted by Gasteiger charge is -2.48. The number of hydrogen-bond acceptors (Lipinski definition) is 3. The Hall–Kier alpha value is -1.03. The van der Waals surface area contributed by atoms with Gasteiger partial charge in [0.2, 0.25) is 0 Å². The van der Waals surface area contributed by atoms with Crippen LogP contribution >= 0.6 is 15.9 Å². The van der Waals surface area contributed by atoms with Crippen LogP contribution < -0.4 is 5.43 Å². The number of nitrogens with one attached hydrogen (secondary N) is 1. The second kappa shape index (κ2) is 4.26. The molecule has 1 heterocycles. The van der Waals surface area contributed by atoms with Gasteiger partial charge in [-0.15, -0.1) is 0 Å². The molecule has 0 saturated heterocycles. The highest BCUT2D eigenvalue weighted by Gasteiger charge is 2.50. The highest BCUT2D eigenvalue weighted by Crippen LogP contribution is 2.49. The van der Waals surface area contributed by atoms with E-state index < -0.39 is 0 Å². The van der Waals surface area contributed by atoms with Crippen molar-refractivity contribution < 1.29 is 0 Å². The molecule has 0 aromatic heterocycles. The van der Waals surface area contributed by atoms with Crippen LogP contribution in [0.5, 0.6) is 0 Å². The zero-order valence-electron chi connectivity index (χ0n) is 10.8. The maximum absolute atomic E-state index is 4.53. The molecule has 18 heavy (non-hydrogen) atoms. The summed E-state index contributed by atoms with van der Waals surface area (Å²) in [7, 11) is 2.11. The van der Waals surface area contributed by atoms with Crippen molar-refractivity contribution in [3.8, 4) is 0 Å². The summed E-state index contributed by atoms with van der Waals surface area (Å²) in [5, 5.41) is 4.53. The Morgan fingerprint density at radius 2 is 2.22 bits per heavy atom. The molecule has 1 aliphatic carbocycles. The predicted molar refractivity (Wildman–Crippen MR) is 77.4 cm³/mol. The molecule has 96 valence electrons. The number of nitrogens with zero attached hydrogens (tertiary/aromatic N) is 2. The van der Waals surface area contributed by atoms with Gasteiger partial charge in [-0.3, -0.25) is 5.43 Å². The van der Waals surface area contributed by atoms with Crippen LogP contribution in [0.1, 0.15) is 25.3 Å². The summed E-state index contributed by atoms with van der Waals surface area (Å²) in [5.41, 5.74) is 4.59. The minimum absolute atomic E-state index is 0.113. The Morgan fingerprint density at radius 3 is 2.78 bits per heavy atom. The number of hydrazone groups is 1. The Bertz CT molecular complexity index is 492. The molecule has 0 radical (unpaired) electrons. The molecule has 1 N–H and O–H groups in total. The van der Waals surface area contributed by atoms with Crippen LogP contribution in [0.4, 0.5) is 0 Å². The predicted octanol–water partition coefficient (Wildman–Crippen LogP) is 2.92. The molecule has 1 aromatic rings. The van der Waals surface area contributed by atoms with E-state index in [0.29, 0.717) is 0 Å². The van der Waals surface area contributed by atoms with E-state index in [1.807, 2.05) is 0 Å². The van der Waals surface area contributed by atoms with Gasteiger partial charge in [0.05, 0.1) is 5.41 Å². The largest absolute Gasteiger partial charge is 0.342 e. The van der Waals surface area contributed by atoms with E-state index in [1.54, 1.807) is 0 Å². The average Bonchev–Trinajstić information content (AvgIpc) is 2.71. The quantitative estimate of drug-likeness (QED) is 0.910. The molecule has 3 rings (SSSR count). The van der Waals surface area contributed by atoms with E-state index in [1.165, 1.54) is 24.2 Å². The third kappa shape index (κ3) is 1.74. The fourth-order valence-corrected chi connectivity index (χ4v) is 3.71. The van der Waals surface area contributed by atoms with E-state index in [0.717, 1.165) is 17.1 Å². The molecule has 1 aromatic carbocycles. The summed E-state index contributed by atoms with van der Waals surface area (Å²) in [5.74, 6) is 1.97. The summed E-state index contributed by atoms with van der Waals surface area (Å²) in [6, 6.07) is 8.66. The summed E-state index contributed by atoms with van der Waals surface area (Å²) in [6.07, 6.45) is 2.38. The van der Waals surface area contributed by atoms with Gasteiger partial charge in [0, 0.05) is 11.5 Å². The van der Waals surface area contributed by atoms with Crippen molar-refractivity contribution in [2.75, 3.05) is 13.7 Å². The smallest absolute Gasteiger partial charge is 0.136 e. The summed E-state index contributed by atoms with van der Waals surface area (Å²) in [6.45, 7) is 3.14. The normalized spacial score (nSPS) is 30.7. The highest BCUT2D eigenvalue weighted by molar-refractivity contribution is 9.10. The molecule has 1 aliphatic heterocycles. The van der Waals surface area contributed by atoms with E-state index in [4.69, 9.17) is 0 Å². The van der Waals surface area contributed by atoms with Gasteiger partial charge in [-0.25, -0.2) is 0 Å². The third-order valence-electron chi connectivity index (χ3n) is 4.05. The maximum atomic E-state index is 4.53. The summed E-state index contributed by atoms with van der Waals surface area (Å²) < 4.78 is 1.15. The molecule has 0 amide bonds. The lowest BCUT2D eigenvalue weighted by atomic mass is 9.58. The van der Waals surface area contributed by atoms with Gasteiger partial charge in [-0.1, -0.05) is 35.0 Å². The number of halogens is 1. The minimum atomic E-state index is 0.113. The van der Waals surface area contributed by atoms with Crippen molar-refractivity contribution >= 4 is 21.8 Å². The van der Waals surface area contributed by atoms with Crippen LogP contribution in [0.15, 0.2) is 33.8 Å². The monoisotopic (exact) mass is 307 g/mol. The van der Waals surface area contributed by atoms with Crippen LogP contribution in [0.25, 0.3) is 0 Å². The van der Waals surface area contributed by atoms with E-state index in [-0.39, 0.29) is 5.41 Å². The van der Waals surface area contributed by atoms with Crippen molar-refractivity contribution in [2.24, 2.45) is 11.0 Å². The van der Waals surface area contributed by atoms with Gasteiger partial charge in [0.1, 0.15) is 12.5 Å². The molecule has 4 heteroatoms. The molecule has 0 unspecified atom stereocenters. The van der Waals surface area contributed by atoms with Crippen LogP contribution in [-0.2, 0) is 5.41 Å². The second-order valence-corrected chi connectivity index (χ2v) is 6.47. The number of likely N-dealkylation sites (N-methyl/N-ethyl adjacent to an activating group) is 1. The standard InChI is InChI=1S/C14H18BrN3/c1-10-7-14(8-10,13-17-16-9-18(13)2)11-4-3-5-12(15)6-11/h3-6,10,16H,7-9H2,1-2H3. The Balaban J connectivity index is 2.02. The summed E-state index contributed by atoms with van der Waals surface area (Å²) >= 11 is 3.58. The first-order valence-corrected chi connectivity index (χ1v) is 7.19. The number of rotatable bonds is 2. The number of hydrogen-bond donors (Lipinski definition) is 1. The topological polar surface area (TPSA) is 27.6 Å². The molecule has 1 fully saturated rings. The van der Waals surface area contributed by atoms with Gasteiger partial charge in [-0.2, -0.15) is 5.10 Å². The van der Waals surface area contributed by atoms with Crippen molar-refractivity contribution in [2.45, 2.75) is 25.2 Å². The first-order chi connectivity index (χ1) is 8.62. The van der Waals surface area contributed by atoms with Crippen molar-refractivity contribution in [1.82, 2.24) is 10.3 Å².